The molecule has 8 heteroatoms. The minimum Gasteiger partial charge on any atom is -0.494 e. The molecule has 0 fully saturated rings. The lowest BCUT2D eigenvalue weighted by atomic mass is 10.3. The number of aldehydes is 2. The Morgan fingerprint density at radius 1 is 1.04 bits per heavy atom. The van der Waals surface area contributed by atoms with Gasteiger partial charge < -0.3 is 9.72 Å². The Morgan fingerprint density at radius 3 is 2.32 bits per heavy atom. The van der Waals surface area contributed by atoms with E-state index in [4.69, 9.17) is 4.74 Å². The average molecular weight is 358 g/mol. The van der Waals surface area contributed by atoms with Crippen LogP contribution in [0.25, 0.3) is 11.4 Å². The molecule has 25 heavy (non-hydrogen) atoms. The van der Waals surface area contributed by atoms with Gasteiger partial charge in [0.15, 0.2) is 12.6 Å². The van der Waals surface area contributed by atoms with Gasteiger partial charge in [-0.2, -0.15) is 0 Å². The van der Waals surface area contributed by atoms with Crippen molar-refractivity contribution in [2.75, 3.05) is 7.11 Å². The number of methoxy groups -OCH3 is 1. The van der Waals surface area contributed by atoms with Gasteiger partial charge in [-0.15, -0.1) is 0 Å². The Morgan fingerprint density at radius 2 is 1.76 bits per heavy atom. The van der Waals surface area contributed by atoms with Crippen molar-refractivity contribution < 1.29 is 22.7 Å². The number of aromatic nitrogens is 2. The maximum Gasteiger partial charge on any atom is 0.268 e. The molecule has 128 valence electrons. The number of carbonyl (C=O) groups is 2. The van der Waals surface area contributed by atoms with E-state index < -0.39 is 10.0 Å². The third kappa shape index (κ3) is 2.76. The zero-order valence-electron chi connectivity index (χ0n) is 13.2. The smallest absolute Gasteiger partial charge is 0.268 e. The van der Waals surface area contributed by atoms with Crippen LogP contribution in [0.2, 0.25) is 0 Å². The molecule has 0 unspecified atom stereocenters. The van der Waals surface area contributed by atoms with Gasteiger partial charge >= 0.3 is 0 Å². The first kappa shape index (κ1) is 16.7. The van der Waals surface area contributed by atoms with E-state index in [0.717, 1.165) is 3.97 Å². The fraction of sp³-hybridized carbons (Fsp3) is 0.0588. The molecule has 1 aromatic carbocycles. The van der Waals surface area contributed by atoms with Crippen LogP contribution >= 0.6 is 0 Å². The quantitative estimate of drug-likeness (QED) is 0.682. The summed E-state index contributed by atoms with van der Waals surface area (Å²) in [4.78, 5) is 25.3. The van der Waals surface area contributed by atoms with Crippen LogP contribution in [-0.4, -0.2) is 37.1 Å². The van der Waals surface area contributed by atoms with E-state index in [0.29, 0.717) is 18.3 Å². The first-order chi connectivity index (χ1) is 12.0. The largest absolute Gasteiger partial charge is 0.494 e. The van der Waals surface area contributed by atoms with E-state index in [9.17, 15) is 18.0 Å². The molecule has 0 saturated carbocycles. The van der Waals surface area contributed by atoms with Crippen LogP contribution in [0.4, 0.5) is 0 Å². The van der Waals surface area contributed by atoms with Gasteiger partial charge in [-0.3, -0.25) is 9.59 Å². The zero-order chi connectivity index (χ0) is 18.0. The third-order valence-electron chi connectivity index (χ3n) is 3.68. The summed E-state index contributed by atoms with van der Waals surface area (Å²) >= 11 is 0. The Bertz CT molecular complexity index is 1030. The van der Waals surface area contributed by atoms with Crippen LogP contribution in [0.5, 0.6) is 5.75 Å². The van der Waals surface area contributed by atoms with E-state index in [1.54, 1.807) is 24.3 Å². The van der Waals surface area contributed by atoms with Crippen molar-refractivity contribution in [2.24, 2.45) is 0 Å². The van der Waals surface area contributed by atoms with Crippen LogP contribution in [0, 0.1) is 0 Å². The van der Waals surface area contributed by atoms with Crippen LogP contribution in [0.1, 0.15) is 21.0 Å². The maximum absolute atomic E-state index is 13.1. The number of nitrogens with one attached hydrogen (secondary N) is 1. The minimum atomic E-state index is -4.05. The second-order valence-corrected chi connectivity index (χ2v) is 6.92. The predicted molar refractivity (Wildman–Crippen MR) is 90.6 cm³/mol. The van der Waals surface area contributed by atoms with E-state index in [2.05, 4.69) is 4.98 Å². The average Bonchev–Trinajstić information content (AvgIpc) is 3.26. The number of hydrogen-bond donors (Lipinski definition) is 1. The molecular formula is C17H14N2O5S. The van der Waals surface area contributed by atoms with Crippen molar-refractivity contribution in [1.29, 1.82) is 0 Å². The van der Waals surface area contributed by atoms with E-state index in [-0.39, 0.29) is 27.7 Å². The van der Waals surface area contributed by atoms with Crippen molar-refractivity contribution in [1.82, 2.24) is 8.96 Å². The number of hydrogen-bond acceptors (Lipinski definition) is 5. The summed E-state index contributed by atoms with van der Waals surface area (Å²) in [6.07, 6.45) is 1.03. The standard InChI is InChI=1S/C17H14N2O5S/c1-24-17-9-15(14-8-7-12(10-20)18-14)19(16(17)11-21)25(22,23)13-5-3-2-4-6-13/h2-11,18H,1H3. The van der Waals surface area contributed by atoms with Crippen LogP contribution < -0.4 is 4.74 Å². The number of H-pyrrole nitrogens is 1. The molecule has 2 heterocycles. The molecule has 3 aromatic rings. The van der Waals surface area contributed by atoms with E-state index in [1.807, 2.05) is 0 Å². The monoisotopic (exact) mass is 358 g/mol. The third-order valence-corrected chi connectivity index (χ3v) is 5.42. The van der Waals surface area contributed by atoms with Crippen molar-refractivity contribution in [2.45, 2.75) is 4.90 Å². The number of benzene rings is 1. The molecule has 0 bridgehead atoms. The Kier molecular flexibility index (Phi) is 4.28. The lowest BCUT2D eigenvalue weighted by Gasteiger charge is -2.11. The number of aromatic amines is 1. The second-order valence-electron chi connectivity index (χ2n) is 5.13. The van der Waals surface area contributed by atoms with Crippen LogP contribution in [-0.2, 0) is 10.0 Å². The topological polar surface area (TPSA) is 98.2 Å². The van der Waals surface area contributed by atoms with Crippen molar-refractivity contribution >= 4 is 22.6 Å². The summed E-state index contributed by atoms with van der Waals surface area (Å²) in [7, 11) is -2.71. The first-order valence-electron chi connectivity index (χ1n) is 7.23. The highest BCUT2D eigenvalue weighted by molar-refractivity contribution is 7.90. The lowest BCUT2D eigenvalue weighted by Crippen LogP contribution is -2.17. The lowest BCUT2D eigenvalue weighted by molar-refractivity contribution is 0.111. The van der Waals surface area contributed by atoms with Gasteiger partial charge in [0, 0.05) is 6.07 Å². The summed E-state index contributed by atoms with van der Waals surface area (Å²) < 4.78 is 32.2. The van der Waals surface area contributed by atoms with Gasteiger partial charge in [-0.05, 0) is 24.3 Å². The number of carbonyl (C=O) groups excluding carboxylic acids is 2. The van der Waals surface area contributed by atoms with Gasteiger partial charge in [0.25, 0.3) is 10.0 Å². The summed E-state index contributed by atoms with van der Waals surface area (Å²) in [5, 5.41) is 0. The molecule has 2 aromatic heterocycles. The zero-order valence-corrected chi connectivity index (χ0v) is 14.0. The minimum absolute atomic E-state index is 0.0276. The van der Waals surface area contributed by atoms with Crippen LogP contribution in [0.3, 0.4) is 0 Å². The fourth-order valence-corrected chi connectivity index (χ4v) is 4.04. The number of ether oxygens (including phenoxy) is 1. The van der Waals surface area contributed by atoms with Crippen molar-refractivity contribution in [3.8, 4) is 17.1 Å². The molecule has 0 saturated heterocycles. The van der Waals surface area contributed by atoms with Crippen molar-refractivity contribution in [3.63, 3.8) is 0 Å². The van der Waals surface area contributed by atoms with Gasteiger partial charge in [0.2, 0.25) is 0 Å². The summed E-state index contributed by atoms with van der Waals surface area (Å²) in [6, 6.07) is 12.3. The Labute approximate surface area is 143 Å². The molecular weight excluding hydrogens is 344 g/mol. The number of rotatable bonds is 6. The van der Waals surface area contributed by atoms with E-state index in [1.165, 1.54) is 31.4 Å². The molecule has 0 atom stereocenters. The van der Waals surface area contributed by atoms with Gasteiger partial charge in [-0.1, -0.05) is 18.2 Å². The summed E-state index contributed by atoms with van der Waals surface area (Å²) in [5.41, 5.74) is 0.707. The maximum atomic E-state index is 13.1. The molecule has 0 aliphatic rings. The first-order valence-corrected chi connectivity index (χ1v) is 8.67. The summed E-state index contributed by atoms with van der Waals surface area (Å²) in [6.45, 7) is 0. The van der Waals surface area contributed by atoms with Crippen molar-refractivity contribution in [3.05, 3.63) is 59.9 Å². The van der Waals surface area contributed by atoms with Gasteiger partial charge in [-0.25, -0.2) is 12.4 Å². The second kappa shape index (κ2) is 6.40. The molecule has 0 spiro atoms. The summed E-state index contributed by atoms with van der Waals surface area (Å²) in [5.74, 6) is 0.117. The Hall–Kier alpha value is -3.13. The SMILES string of the molecule is COc1cc(-c2ccc(C=O)[nH]2)n(S(=O)(=O)c2ccccc2)c1C=O. The number of nitrogens with zero attached hydrogens (tertiary/aromatic N) is 1. The fourth-order valence-electron chi connectivity index (χ4n) is 2.53. The Balaban J connectivity index is 2.32. The molecule has 7 nitrogen and oxygen atoms in total. The molecule has 3 rings (SSSR count). The molecule has 0 aliphatic carbocycles. The molecule has 1 N–H and O–H groups in total. The molecule has 0 aliphatic heterocycles. The molecule has 0 radical (unpaired) electrons. The van der Waals surface area contributed by atoms with Gasteiger partial charge in [0.05, 0.1) is 29.1 Å². The molecule has 0 amide bonds. The highest BCUT2D eigenvalue weighted by Gasteiger charge is 2.28. The van der Waals surface area contributed by atoms with E-state index >= 15 is 0 Å². The predicted octanol–water partition coefficient (Wildman–Crippen LogP) is 2.35. The highest BCUT2D eigenvalue weighted by Crippen LogP contribution is 2.33. The highest BCUT2D eigenvalue weighted by atomic mass is 32.2. The van der Waals surface area contributed by atoms with Gasteiger partial charge in [0.1, 0.15) is 11.4 Å². The van der Waals surface area contributed by atoms with Crippen LogP contribution in [0.15, 0.2) is 53.4 Å². The normalized spacial score (nSPS) is 11.2.